The molecule has 0 aromatic heterocycles. The van der Waals surface area contributed by atoms with Crippen LogP contribution >= 0.6 is 15.9 Å². The van der Waals surface area contributed by atoms with Crippen LogP contribution in [0, 0.1) is 0 Å². The largest absolute Gasteiger partial charge is 0.494 e. The maximum atomic E-state index is 11.9. The van der Waals surface area contributed by atoms with E-state index >= 15 is 0 Å². The summed E-state index contributed by atoms with van der Waals surface area (Å²) in [6, 6.07) is 7.34. The molecule has 106 valence electrons. The van der Waals surface area contributed by atoms with Crippen molar-refractivity contribution in [3.8, 4) is 5.75 Å². The highest BCUT2D eigenvalue weighted by Gasteiger charge is 2.05. The van der Waals surface area contributed by atoms with Crippen molar-refractivity contribution >= 4 is 21.8 Å². The first-order valence-electron chi connectivity index (χ1n) is 6.85. The summed E-state index contributed by atoms with van der Waals surface area (Å²) in [5, 5.41) is 3.96. The highest BCUT2D eigenvalue weighted by atomic mass is 79.9. The van der Waals surface area contributed by atoms with Gasteiger partial charge in [0.25, 0.3) is 5.91 Å². The summed E-state index contributed by atoms with van der Waals surface area (Å²) in [5.74, 6) is 0.731. The molecule has 4 heteroatoms. The van der Waals surface area contributed by atoms with E-state index in [1.165, 1.54) is 0 Å². The summed E-state index contributed by atoms with van der Waals surface area (Å²) in [6.07, 6.45) is 4.26. The second kappa shape index (κ2) is 9.84. The molecule has 0 aliphatic rings. The number of rotatable bonds is 9. The van der Waals surface area contributed by atoms with E-state index in [9.17, 15) is 4.79 Å². The molecule has 0 radical (unpaired) electrons. The molecule has 0 fully saturated rings. The van der Waals surface area contributed by atoms with Crippen LogP contribution in [0.1, 0.15) is 43.0 Å². The summed E-state index contributed by atoms with van der Waals surface area (Å²) in [6.45, 7) is 3.47. The first-order chi connectivity index (χ1) is 9.27. The zero-order valence-electron chi connectivity index (χ0n) is 11.5. The molecule has 0 aliphatic heterocycles. The number of alkyl halides is 1. The second-order valence-corrected chi connectivity index (χ2v) is 5.17. The first kappa shape index (κ1) is 16.0. The molecule has 0 saturated carbocycles. The van der Waals surface area contributed by atoms with Gasteiger partial charge in [-0.2, -0.15) is 0 Å². The predicted octanol–water partition coefficient (Wildman–Crippen LogP) is 3.77. The zero-order valence-corrected chi connectivity index (χ0v) is 13.0. The number of hydrogen-bond donors (Lipinski definition) is 1. The highest BCUT2D eigenvalue weighted by Crippen LogP contribution is 2.13. The third-order valence-corrected chi connectivity index (χ3v) is 3.23. The molecule has 0 spiro atoms. The van der Waals surface area contributed by atoms with Crippen LogP contribution in [0.4, 0.5) is 0 Å². The van der Waals surface area contributed by atoms with Crippen molar-refractivity contribution in [3.63, 3.8) is 0 Å². The summed E-state index contributed by atoms with van der Waals surface area (Å²) >= 11 is 3.39. The molecule has 0 saturated heterocycles. The number of benzene rings is 1. The maximum absolute atomic E-state index is 11.9. The molecule has 1 aromatic carbocycles. The molecule has 1 rings (SSSR count). The van der Waals surface area contributed by atoms with E-state index in [1.807, 2.05) is 18.2 Å². The molecule has 0 heterocycles. The lowest BCUT2D eigenvalue weighted by Gasteiger charge is -2.08. The van der Waals surface area contributed by atoms with E-state index in [-0.39, 0.29) is 5.91 Å². The van der Waals surface area contributed by atoms with E-state index in [1.54, 1.807) is 6.07 Å². The summed E-state index contributed by atoms with van der Waals surface area (Å²) in [4.78, 5) is 11.9. The molecule has 3 nitrogen and oxygen atoms in total. The Bertz CT molecular complexity index is 382. The fraction of sp³-hybridized carbons (Fsp3) is 0.533. The first-order valence-corrected chi connectivity index (χ1v) is 7.97. The minimum atomic E-state index is -0.0270. The van der Waals surface area contributed by atoms with E-state index in [2.05, 4.69) is 28.2 Å². The van der Waals surface area contributed by atoms with Crippen LogP contribution in [0.15, 0.2) is 24.3 Å². The second-order valence-electron chi connectivity index (χ2n) is 4.38. The standard InChI is InChI=1S/C15H22BrNO2/c1-2-11-19-14-8-6-7-13(12-14)15(18)17-10-5-3-4-9-16/h6-8,12H,2-5,9-11H2,1H3,(H,17,18). The van der Waals surface area contributed by atoms with Gasteiger partial charge in [0.1, 0.15) is 5.75 Å². The number of halogens is 1. The number of carbonyl (C=O) groups is 1. The van der Waals surface area contributed by atoms with Crippen molar-refractivity contribution in [1.29, 1.82) is 0 Å². The van der Waals surface area contributed by atoms with Gasteiger partial charge < -0.3 is 10.1 Å². The Labute approximate surface area is 123 Å². The van der Waals surface area contributed by atoms with Crippen molar-refractivity contribution < 1.29 is 9.53 Å². The lowest BCUT2D eigenvalue weighted by molar-refractivity contribution is 0.0952. The molecule has 1 N–H and O–H groups in total. The third kappa shape index (κ3) is 6.62. The van der Waals surface area contributed by atoms with Crippen molar-refractivity contribution in [1.82, 2.24) is 5.32 Å². The minimum absolute atomic E-state index is 0.0270. The zero-order chi connectivity index (χ0) is 13.9. The number of amides is 1. The van der Waals surface area contributed by atoms with Gasteiger partial charge in [-0.3, -0.25) is 4.79 Å². The summed E-state index contributed by atoms with van der Waals surface area (Å²) < 4.78 is 5.52. The number of ether oxygens (including phenoxy) is 1. The Morgan fingerprint density at radius 3 is 2.89 bits per heavy atom. The van der Waals surface area contributed by atoms with Gasteiger partial charge in [0, 0.05) is 17.4 Å². The molecule has 19 heavy (non-hydrogen) atoms. The molecular formula is C15H22BrNO2. The van der Waals surface area contributed by atoms with E-state index in [0.29, 0.717) is 12.2 Å². The van der Waals surface area contributed by atoms with Crippen LogP contribution in [0.2, 0.25) is 0 Å². The number of hydrogen-bond acceptors (Lipinski definition) is 2. The predicted molar refractivity (Wildman–Crippen MR) is 82.2 cm³/mol. The molecule has 0 unspecified atom stereocenters. The van der Waals surface area contributed by atoms with Gasteiger partial charge in [-0.05, 0) is 37.5 Å². The average molecular weight is 328 g/mol. The van der Waals surface area contributed by atoms with Crippen LogP contribution in [0.25, 0.3) is 0 Å². The van der Waals surface area contributed by atoms with Gasteiger partial charge in [0.05, 0.1) is 6.61 Å². The van der Waals surface area contributed by atoms with Gasteiger partial charge in [0.15, 0.2) is 0 Å². The number of unbranched alkanes of at least 4 members (excludes halogenated alkanes) is 2. The molecule has 0 bridgehead atoms. The summed E-state index contributed by atoms with van der Waals surface area (Å²) in [7, 11) is 0. The van der Waals surface area contributed by atoms with Gasteiger partial charge in [0.2, 0.25) is 0 Å². The van der Waals surface area contributed by atoms with Gasteiger partial charge >= 0.3 is 0 Å². The fourth-order valence-electron chi connectivity index (χ4n) is 1.65. The van der Waals surface area contributed by atoms with Gasteiger partial charge in [-0.15, -0.1) is 0 Å². The normalized spacial score (nSPS) is 10.2. The van der Waals surface area contributed by atoms with Crippen molar-refractivity contribution in [2.24, 2.45) is 0 Å². The maximum Gasteiger partial charge on any atom is 0.251 e. The molecule has 1 aromatic rings. The van der Waals surface area contributed by atoms with Crippen LogP contribution < -0.4 is 10.1 Å². The summed E-state index contributed by atoms with van der Waals surface area (Å²) in [5.41, 5.74) is 0.661. The monoisotopic (exact) mass is 327 g/mol. The highest BCUT2D eigenvalue weighted by molar-refractivity contribution is 9.09. The van der Waals surface area contributed by atoms with Crippen LogP contribution in [0.3, 0.4) is 0 Å². The number of carbonyl (C=O) groups excluding carboxylic acids is 1. The fourth-order valence-corrected chi connectivity index (χ4v) is 2.04. The molecule has 0 atom stereocenters. The minimum Gasteiger partial charge on any atom is -0.494 e. The molecule has 0 aliphatic carbocycles. The lowest BCUT2D eigenvalue weighted by Crippen LogP contribution is -2.24. The van der Waals surface area contributed by atoms with E-state index in [0.717, 1.165) is 43.3 Å². The topological polar surface area (TPSA) is 38.3 Å². The van der Waals surface area contributed by atoms with E-state index in [4.69, 9.17) is 4.74 Å². The molecular weight excluding hydrogens is 306 g/mol. The van der Waals surface area contributed by atoms with Crippen LogP contribution in [-0.2, 0) is 0 Å². The third-order valence-electron chi connectivity index (χ3n) is 2.67. The quantitative estimate of drug-likeness (QED) is 0.553. The van der Waals surface area contributed by atoms with E-state index < -0.39 is 0 Å². The van der Waals surface area contributed by atoms with Crippen molar-refractivity contribution in [3.05, 3.63) is 29.8 Å². The van der Waals surface area contributed by atoms with Gasteiger partial charge in [-0.25, -0.2) is 0 Å². The van der Waals surface area contributed by atoms with Crippen LogP contribution in [0.5, 0.6) is 5.75 Å². The SMILES string of the molecule is CCCOc1cccc(C(=O)NCCCCCBr)c1. The Morgan fingerprint density at radius 2 is 2.16 bits per heavy atom. The Morgan fingerprint density at radius 1 is 1.32 bits per heavy atom. The average Bonchev–Trinajstić information content (AvgIpc) is 2.45. The Kier molecular flexibility index (Phi) is 8.30. The van der Waals surface area contributed by atoms with Crippen molar-refractivity contribution in [2.45, 2.75) is 32.6 Å². The Balaban J connectivity index is 2.38. The Hall–Kier alpha value is -1.03. The van der Waals surface area contributed by atoms with Crippen LogP contribution in [-0.4, -0.2) is 24.4 Å². The lowest BCUT2D eigenvalue weighted by atomic mass is 10.2. The van der Waals surface area contributed by atoms with Gasteiger partial charge in [-0.1, -0.05) is 35.3 Å². The molecule has 1 amide bonds. The smallest absolute Gasteiger partial charge is 0.251 e. The number of nitrogens with one attached hydrogen (secondary N) is 1. The van der Waals surface area contributed by atoms with Crippen molar-refractivity contribution in [2.75, 3.05) is 18.5 Å².